The maximum atomic E-state index is 12.8. The molecule has 0 saturated heterocycles. The summed E-state index contributed by atoms with van der Waals surface area (Å²) in [5.74, 6) is 0.269. The number of benzene rings is 2. The fourth-order valence-corrected chi connectivity index (χ4v) is 1.90. The summed E-state index contributed by atoms with van der Waals surface area (Å²) >= 11 is 0. The fourth-order valence-electron chi connectivity index (χ4n) is 1.90. The molecule has 0 N–H and O–H groups in total. The molecule has 2 rings (SSSR count). The third-order valence-electron chi connectivity index (χ3n) is 3.13. The van der Waals surface area contributed by atoms with Crippen molar-refractivity contribution in [1.82, 2.24) is 0 Å². The summed E-state index contributed by atoms with van der Waals surface area (Å²) in [6.45, 7) is 2.83. The normalized spacial score (nSPS) is 10.3. The van der Waals surface area contributed by atoms with Crippen LogP contribution in [0.3, 0.4) is 0 Å². The Morgan fingerprint density at radius 3 is 2.23 bits per heavy atom. The molecule has 0 aromatic heterocycles. The Morgan fingerprint density at radius 2 is 1.59 bits per heavy atom. The molecule has 116 valence electrons. The number of halogens is 1. The summed E-state index contributed by atoms with van der Waals surface area (Å²) in [5, 5.41) is 0. The standard InChI is InChI=1S/C18H19FO3/c1-2-3-4-13-21-16-9-11-17(12-10-16)22-18(20)14-5-7-15(19)8-6-14/h5-12H,2-4,13H2,1H3. The maximum absolute atomic E-state index is 12.8. The smallest absolute Gasteiger partial charge is 0.343 e. The summed E-state index contributed by atoms with van der Waals surface area (Å²) < 4.78 is 23.6. The lowest BCUT2D eigenvalue weighted by Crippen LogP contribution is -2.08. The Hall–Kier alpha value is -2.36. The van der Waals surface area contributed by atoms with Crippen LogP contribution in [-0.4, -0.2) is 12.6 Å². The van der Waals surface area contributed by atoms with Crippen LogP contribution in [0.5, 0.6) is 11.5 Å². The van der Waals surface area contributed by atoms with Crippen molar-refractivity contribution < 1.29 is 18.7 Å². The minimum Gasteiger partial charge on any atom is -0.494 e. The second-order valence-corrected chi connectivity index (χ2v) is 4.92. The van der Waals surface area contributed by atoms with E-state index in [1.54, 1.807) is 24.3 Å². The minimum absolute atomic E-state index is 0.307. The molecule has 0 bridgehead atoms. The van der Waals surface area contributed by atoms with Crippen LogP contribution in [0.4, 0.5) is 4.39 Å². The average molecular weight is 302 g/mol. The van der Waals surface area contributed by atoms with Crippen molar-refractivity contribution in [2.75, 3.05) is 6.61 Å². The zero-order valence-electron chi connectivity index (χ0n) is 12.5. The van der Waals surface area contributed by atoms with Crippen LogP contribution in [-0.2, 0) is 0 Å². The topological polar surface area (TPSA) is 35.5 Å². The van der Waals surface area contributed by atoms with Gasteiger partial charge in [-0.1, -0.05) is 19.8 Å². The van der Waals surface area contributed by atoms with Crippen molar-refractivity contribution in [2.45, 2.75) is 26.2 Å². The summed E-state index contributed by atoms with van der Waals surface area (Å²) in [7, 11) is 0. The molecule has 0 unspecified atom stereocenters. The minimum atomic E-state index is -0.517. The first-order valence-electron chi connectivity index (χ1n) is 7.39. The molecule has 22 heavy (non-hydrogen) atoms. The molecule has 0 amide bonds. The van der Waals surface area contributed by atoms with Crippen LogP contribution >= 0.6 is 0 Å². The highest BCUT2D eigenvalue weighted by Gasteiger charge is 2.08. The molecule has 0 fully saturated rings. The van der Waals surface area contributed by atoms with Crippen molar-refractivity contribution in [3.63, 3.8) is 0 Å². The van der Waals surface area contributed by atoms with Crippen LogP contribution in [0.25, 0.3) is 0 Å². The second kappa shape index (κ2) is 8.17. The SMILES string of the molecule is CCCCCOc1ccc(OC(=O)c2ccc(F)cc2)cc1. The molecule has 0 heterocycles. The zero-order chi connectivity index (χ0) is 15.8. The quantitative estimate of drug-likeness (QED) is 0.425. The first-order valence-corrected chi connectivity index (χ1v) is 7.39. The van der Waals surface area contributed by atoms with Crippen LogP contribution in [0.1, 0.15) is 36.5 Å². The Morgan fingerprint density at radius 1 is 0.955 bits per heavy atom. The van der Waals surface area contributed by atoms with E-state index in [4.69, 9.17) is 9.47 Å². The van der Waals surface area contributed by atoms with Crippen LogP contribution < -0.4 is 9.47 Å². The van der Waals surface area contributed by atoms with Gasteiger partial charge in [0.15, 0.2) is 0 Å². The van der Waals surface area contributed by atoms with Gasteiger partial charge in [0.05, 0.1) is 12.2 Å². The van der Waals surface area contributed by atoms with Crippen molar-refractivity contribution in [2.24, 2.45) is 0 Å². The van der Waals surface area contributed by atoms with Crippen molar-refractivity contribution in [3.8, 4) is 11.5 Å². The molecule has 0 saturated carbocycles. The van der Waals surface area contributed by atoms with Gasteiger partial charge in [-0.05, 0) is 55.0 Å². The van der Waals surface area contributed by atoms with Gasteiger partial charge >= 0.3 is 5.97 Å². The maximum Gasteiger partial charge on any atom is 0.343 e. The van der Waals surface area contributed by atoms with E-state index in [1.807, 2.05) is 0 Å². The van der Waals surface area contributed by atoms with Gasteiger partial charge in [-0.25, -0.2) is 9.18 Å². The predicted octanol–water partition coefficient (Wildman–Crippen LogP) is 4.61. The Balaban J connectivity index is 1.88. The Kier molecular flexibility index (Phi) is 5.95. The molecule has 2 aromatic carbocycles. The Labute approximate surface area is 129 Å². The van der Waals surface area contributed by atoms with Crippen LogP contribution in [0, 0.1) is 5.82 Å². The second-order valence-electron chi connectivity index (χ2n) is 4.92. The number of hydrogen-bond donors (Lipinski definition) is 0. The number of esters is 1. The van der Waals surface area contributed by atoms with Gasteiger partial charge in [0.2, 0.25) is 0 Å². The largest absolute Gasteiger partial charge is 0.494 e. The van der Waals surface area contributed by atoms with Gasteiger partial charge in [-0.3, -0.25) is 0 Å². The van der Waals surface area contributed by atoms with Gasteiger partial charge in [0.1, 0.15) is 17.3 Å². The van der Waals surface area contributed by atoms with E-state index in [1.165, 1.54) is 24.3 Å². The van der Waals surface area contributed by atoms with E-state index < -0.39 is 5.97 Å². The fraction of sp³-hybridized carbons (Fsp3) is 0.278. The van der Waals surface area contributed by atoms with Crippen molar-refractivity contribution in [1.29, 1.82) is 0 Å². The highest BCUT2D eigenvalue weighted by atomic mass is 19.1. The first-order chi connectivity index (χ1) is 10.7. The first kappa shape index (κ1) is 16.0. The third kappa shape index (κ3) is 4.88. The molecule has 2 aromatic rings. The highest BCUT2D eigenvalue weighted by Crippen LogP contribution is 2.19. The summed E-state index contributed by atoms with van der Waals surface area (Å²) in [5.41, 5.74) is 0.307. The molecule has 0 aliphatic carbocycles. The molecule has 0 aliphatic rings. The van der Waals surface area contributed by atoms with Crippen molar-refractivity contribution in [3.05, 3.63) is 59.9 Å². The molecule has 0 atom stereocenters. The summed E-state index contributed by atoms with van der Waals surface area (Å²) in [6, 6.07) is 12.1. The van der Waals surface area contributed by atoms with E-state index in [9.17, 15) is 9.18 Å². The molecular weight excluding hydrogens is 283 g/mol. The van der Waals surface area contributed by atoms with E-state index in [0.29, 0.717) is 17.9 Å². The number of hydrogen-bond acceptors (Lipinski definition) is 3. The van der Waals surface area contributed by atoms with E-state index in [2.05, 4.69) is 6.92 Å². The lowest BCUT2D eigenvalue weighted by atomic mass is 10.2. The lowest BCUT2D eigenvalue weighted by molar-refractivity contribution is 0.0734. The van der Waals surface area contributed by atoms with E-state index in [0.717, 1.165) is 25.0 Å². The average Bonchev–Trinajstić information content (AvgIpc) is 2.54. The third-order valence-corrected chi connectivity index (χ3v) is 3.13. The van der Waals surface area contributed by atoms with Crippen LogP contribution in [0.15, 0.2) is 48.5 Å². The van der Waals surface area contributed by atoms with Crippen LogP contribution in [0.2, 0.25) is 0 Å². The number of carbonyl (C=O) groups excluding carboxylic acids is 1. The zero-order valence-corrected chi connectivity index (χ0v) is 12.5. The molecule has 3 nitrogen and oxygen atoms in total. The van der Waals surface area contributed by atoms with E-state index in [-0.39, 0.29) is 5.82 Å². The monoisotopic (exact) mass is 302 g/mol. The lowest BCUT2D eigenvalue weighted by Gasteiger charge is -2.07. The summed E-state index contributed by atoms with van der Waals surface area (Å²) in [6.07, 6.45) is 3.33. The van der Waals surface area contributed by atoms with Gasteiger partial charge in [0.25, 0.3) is 0 Å². The molecular formula is C18H19FO3. The number of carbonyl (C=O) groups is 1. The number of unbranched alkanes of at least 4 members (excludes halogenated alkanes) is 2. The molecule has 4 heteroatoms. The predicted molar refractivity (Wildman–Crippen MR) is 82.8 cm³/mol. The van der Waals surface area contributed by atoms with Gasteiger partial charge in [0, 0.05) is 0 Å². The molecule has 0 spiro atoms. The molecule has 0 aliphatic heterocycles. The molecule has 0 radical (unpaired) electrons. The van der Waals surface area contributed by atoms with Gasteiger partial charge < -0.3 is 9.47 Å². The number of rotatable bonds is 7. The van der Waals surface area contributed by atoms with E-state index >= 15 is 0 Å². The number of ether oxygens (including phenoxy) is 2. The van der Waals surface area contributed by atoms with Gasteiger partial charge in [-0.15, -0.1) is 0 Å². The highest BCUT2D eigenvalue weighted by molar-refractivity contribution is 5.90. The van der Waals surface area contributed by atoms with Gasteiger partial charge in [-0.2, -0.15) is 0 Å². The summed E-state index contributed by atoms with van der Waals surface area (Å²) in [4.78, 5) is 11.9. The van der Waals surface area contributed by atoms with Crippen molar-refractivity contribution >= 4 is 5.97 Å². The Bertz CT molecular complexity index is 591.